The van der Waals surface area contributed by atoms with Crippen molar-refractivity contribution in [3.05, 3.63) is 47.4 Å². The molecule has 2 aliphatic carbocycles. The highest BCUT2D eigenvalue weighted by molar-refractivity contribution is 5.78. The molecule has 170 valence electrons. The Morgan fingerprint density at radius 3 is 2.20 bits per heavy atom. The van der Waals surface area contributed by atoms with Crippen LogP contribution in [0.4, 0.5) is 0 Å². The van der Waals surface area contributed by atoms with Crippen LogP contribution in [-0.2, 0) is 16.1 Å². The zero-order valence-electron chi connectivity index (χ0n) is 19.6. The molecule has 0 bridgehead atoms. The molecule has 0 atom stereocenters. The summed E-state index contributed by atoms with van der Waals surface area (Å²) >= 11 is 0. The highest BCUT2D eigenvalue weighted by Crippen LogP contribution is 2.34. The second-order valence-electron chi connectivity index (χ2n) is 8.12. The predicted molar refractivity (Wildman–Crippen MR) is 127 cm³/mol. The number of carbonyl (C=O) groups excluding carboxylic acids is 1. The lowest BCUT2D eigenvalue weighted by molar-refractivity contribution is -0.118. The SMILES string of the molecule is CC.CCC/C(=C/O)OCc1ccccc1C1CCCCC1.O=C1CCCCCC1. The number of Topliss-reactive ketones (excluding diaryl/α,β-unsaturated/α-hetero) is 1. The number of aliphatic hydroxyl groups is 1. The van der Waals surface area contributed by atoms with E-state index in [-0.39, 0.29) is 0 Å². The fourth-order valence-electron chi connectivity index (χ4n) is 4.19. The van der Waals surface area contributed by atoms with Gasteiger partial charge in [-0.3, -0.25) is 4.79 Å². The number of ether oxygens (including phenoxy) is 1. The van der Waals surface area contributed by atoms with E-state index in [9.17, 15) is 4.79 Å². The van der Waals surface area contributed by atoms with Gasteiger partial charge in [-0.05, 0) is 49.1 Å². The van der Waals surface area contributed by atoms with Crippen molar-refractivity contribution in [2.45, 2.75) is 117 Å². The van der Waals surface area contributed by atoms with E-state index in [4.69, 9.17) is 9.84 Å². The smallest absolute Gasteiger partial charge is 0.132 e. The quantitative estimate of drug-likeness (QED) is 0.374. The van der Waals surface area contributed by atoms with Crippen LogP contribution < -0.4 is 0 Å². The number of carbonyl (C=O) groups is 1. The van der Waals surface area contributed by atoms with Crippen molar-refractivity contribution in [1.29, 1.82) is 0 Å². The van der Waals surface area contributed by atoms with Crippen LogP contribution in [0.5, 0.6) is 0 Å². The number of benzene rings is 1. The number of aliphatic hydroxyl groups excluding tert-OH is 1. The number of ketones is 1. The van der Waals surface area contributed by atoms with Gasteiger partial charge >= 0.3 is 0 Å². The summed E-state index contributed by atoms with van der Waals surface area (Å²) in [4.78, 5) is 10.7. The maximum atomic E-state index is 10.7. The third kappa shape index (κ3) is 10.3. The largest absolute Gasteiger partial charge is 0.512 e. The Morgan fingerprint density at radius 2 is 1.60 bits per heavy atom. The first kappa shape index (κ1) is 26.3. The minimum absolute atomic E-state index is 0.475. The van der Waals surface area contributed by atoms with Gasteiger partial charge in [0.15, 0.2) is 0 Å². The molecule has 3 nitrogen and oxygen atoms in total. The minimum Gasteiger partial charge on any atom is -0.512 e. The van der Waals surface area contributed by atoms with Crippen molar-refractivity contribution in [3.8, 4) is 0 Å². The van der Waals surface area contributed by atoms with Gasteiger partial charge in [0.05, 0.1) is 0 Å². The minimum atomic E-state index is 0.475. The Hall–Kier alpha value is -1.77. The molecule has 0 unspecified atom stereocenters. The molecule has 30 heavy (non-hydrogen) atoms. The van der Waals surface area contributed by atoms with Crippen LogP contribution in [0.3, 0.4) is 0 Å². The third-order valence-corrected chi connectivity index (χ3v) is 5.81. The molecular formula is C27H44O3. The molecule has 3 rings (SSSR count). The number of rotatable bonds is 6. The molecule has 0 radical (unpaired) electrons. The van der Waals surface area contributed by atoms with Gasteiger partial charge in [0.1, 0.15) is 24.4 Å². The van der Waals surface area contributed by atoms with Gasteiger partial charge in [0, 0.05) is 19.3 Å². The molecule has 1 N–H and O–H groups in total. The molecule has 2 fully saturated rings. The predicted octanol–water partition coefficient (Wildman–Crippen LogP) is 8.39. The molecule has 2 aliphatic rings. The molecular weight excluding hydrogens is 372 g/mol. The second-order valence-corrected chi connectivity index (χ2v) is 8.12. The Balaban J connectivity index is 0.000000375. The Kier molecular flexibility index (Phi) is 14.9. The standard InChI is InChI=1S/C18H26O2.C7H12O.C2H6/c1-2-8-17(13-19)20-14-16-11-6-7-12-18(16)15-9-4-3-5-10-15;8-7-5-3-1-2-4-6-7;1-2/h6-7,11-13,15,19H,2-5,8-10,14H2,1H3;1-6H2;1-2H3/b17-13-;;. The van der Waals surface area contributed by atoms with Crippen LogP contribution in [-0.4, -0.2) is 10.9 Å². The molecule has 0 spiro atoms. The first-order chi connectivity index (χ1) is 14.7. The molecule has 0 aliphatic heterocycles. The number of hydrogen-bond donors (Lipinski definition) is 1. The van der Waals surface area contributed by atoms with Crippen molar-refractivity contribution in [2.24, 2.45) is 0 Å². The van der Waals surface area contributed by atoms with Crippen molar-refractivity contribution in [2.75, 3.05) is 0 Å². The van der Waals surface area contributed by atoms with Crippen LogP contribution in [0.25, 0.3) is 0 Å². The monoisotopic (exact) mass is 416 g/mol. The van der Waals surface area contributed by atoms with Crippen molar-refractivity contribution >= 4 is 5.78 Å². The maximum absolute atomic E-state index is 10.7. The Morgan fingerprint density at radius 1 is 1.00 bits per heavy atom. The van der Waals surface area contributed by atoms with Gasteiger partial charge in [-0.15, -0.1) is 0 Å². The van der Waals surface area contributed by atoms with Crippen LogP contribution in [0.2, 0.25) is 0 Å². The lowest BCUT2D eigenvalue weighted by atomic mass is 9.82. The fraction of sp³-hybridized carbons (Fsp3) is 0.667. The molecule has 0 amide bonds. The van der Waals surface area contributed by atoms with Crippen LogP contribution in [0.1, 0.15) is 121 Å². The van der Waals surface area contributed by atoms with E-state index in [2.05, 4.69) is 31.2 Å². The zero-order chi connectivity index (χ0) is 22.0. The van der Waals surface area contributed by atoms with E-state index in [1.807, 2.05) is 13.8 Å². The first-order valence-corrected chi connectivity index (χ1v) is 12.3. The summed E-state index contributed by atoms with van der Waals surface area (Å²) in [6.45, 7) is 6.65. The molecule has 0 aromatic heterocycles. The average Bonchev–Trinajstić information content (AvgIpc) is 3.06. The van der Waals surface area contributed by atoms with E-state index in [0.717, 1.165) is 44.8 Å². The van der Waals surface area contributed by atoms with Gasteiger partial charge in [-0.2, -0.15) is 0 Å². The van der Waals surface area contributed by atoms with Crippen LogP contribution in [0, 0.1) is 0 Å². The summed E-state index contributed by atoms with van der Waals surface area (Å²) in [5.74, 6) is 1.85. The Labute approximate surface area is 184 Å². The van der Waals surface area contributed by atoms with Crippen LogP contribution >= 0.6 is 0 Å². The first-order valence-electron chi connectivity index (χ1n) is 12.3. The van der Waals surface area contributed by atoms with Crippen molar-refractivity contribution < 1.29 is 14.6 Å². The summed E-state index contributed by atoms with van der Waals surface area (Å²) < 4.78 is 5.76. The fourth-order valence-corrected chi connectivity index (χ4v) is 4.19. The molecule has 3 heteroatoms. The summed E-state index contributed by atoms with van der Waals surface area (Å²) in [5.41, 5.74) is 2.72. The highest BCUT2D eigenvalue weighted by atomic mass is 16.5. The number of allylic oxidation sites excluding steroid dienone is 1. The highest BCUT2D eigenvalue weighted by Gasteiger charge is 2.18. The maximum Gasteiger partial charge on any atom is 0.132 e. The van der Waals surface area contributed by atoms with E-state index >= 15 is 0 Å². The van der Waals surface area contributed by atoms with Crippen molar-refractivity contribution in [3.63, 3.8) is 0 Å². The lowest BCUT2D eigenvalue weighted by Crippen LogP contribution is -2.08. The molecule has 0 heterocycles. The van der Waals surface area contributed by atoms with Gasteiger partial charge in [-0.25, -0.2) is 0 Å². The molecule has 0 saturated heterocycles. The van der Waals surface area contributed by atoms with Crippen LogP contribution in [0.15, 0.2) is 36.3 Å². The van der Waals surface area contributed by atoms with Gasteiger partial charge in [0.25, 0.3) is 0 Å². The summed E-state index contributed by atoms with van der Waals surface area (Å²) in [5, 5.41) is 9.17. The normalized spacial score (nSPS) is 17.7. The molecule has 1 aromatic carbocycles. The molecule has 1 aromatic rings. The number of hydrogen-bond acceptors (Lipinski definition) is 3. The van der Waals surface area contributed by atoms with Gasteiger partial charge < -0.3 is 9.84 Å². The van der Waals surface area contributed by atoms with E-state index < -0.39 is 0 Å². The molecule has 2 saturated carbocycles. The second kappa shape index (κ2) is 17.0. The Bertz CT molecular complexity index is 590. The van der Waals surface area contributed by atoms with Crippen molar-refractivity contribution in [1.82, 2.24) is 0 Å². The summed E-state index contributed by atoms with van der Waals surface area (Å²) in [6.07, 6.45) is 16.1. The van der Waals surface area contributed by atoms with Gasteiger partial charge in [0.2, 0.25) is 0 Å². The van der Waals surface area contributed by atoms with E-state index in [0.29, 0.717) is 24.1 Å². The summed E-state index contributed by atoms with van der Waals surface area (Å²) in [7, 11) is 0. The average molecular weight is 417 g/mol. The topological polar surface area (TPSA) is 46.5 Å². The van der Waals surface area contributed by atoms with E-state index in [1.165, 1.54) is 56.1 Å². The van der Waals surface area contributed by atoms with E-state index in [1.54, 1.807) is 0 Å². The third-order valence-electron chi connectivity index (χ3n) is 5.81. The zero-order valence-corrected chi connectivity index (χ0v) is 19.6. The summed E-state index contributed by atoms with van der Waals surface area (Å²) in [6, 6.07) is 8.61. The van der Waals surface area contributed by atoms with Gasteiger partial charge in [-0.1, -0.05) is 77.1 Å². The lowest BCUT2D eigenvalue weighted by Gasteiger charge is -2.24.